The van der Waals surface area contributed by atoms with Gasteiger partial charge in [-0.3, -0.25) is 4.98 Å². The molecule has 0 aliphatic heterocycles. The van der Waals surface area contributed by atoms with Gasteiger partial charge in [-0.05, 0) is 12.1 Å². The van der Waals surface area contributed by atoms with Gasteiger partial charge in [-0.2, -0.15) is 0 Å². The van der Waals surface area contributed by atoms with Crippen molar-refractivity contribution in [1.29, 1.82) is 0 Å². The van der Waals surface area contributed by atoms with Crippen LogP contribution >= 0.6 is 0 Å². The first kappa shape index (κ1) is 9.17. The predicted molar refractivity (Wildman–Crippen MR) is 44.3 cm³/mol. The Balaban J connectivity index is 0.000000810. The maximum Gasteiger partial charge on any atom is 0.0391 e. The molecule has 1 rings (SSSR count). The van der Waals surface area contributed by atoms with Crippen molar-refractivity contribution in [2.75, 3.05) is 19.0 Å². The fraction of sp³-hybridized carbons (Fsp3) is 0.286. The molecule has 0 bridgehead atoms. The molecular weight excluding hydrogens is 140 g/mol. The first-order valence-electron chi connectivity index (χ1n) is 2.88. The van der Waals surface area contributed by atoms with Crippen LogP contribution in [-0.2, 0) is 0 Å². The van der Waals surface area contributed by atoms with E-state index in [4.69, 9.17) is 0 Å². The highest BCUT2D eigenvalue weighted by molar-refractivity contribution is 5.75. The molecule has 0 aliphatic carbocycles. The van der Waals surface area contributed by atoms with Crippen LogP contribution in [0.25, 0.3) is 0 Å². The van der Waals surface area contributed by atoms with Crippen LogP contribution in [0.3, 0.4) is 0 Å². The van der Waals surface area contributed by atoms with Crippen LogP contribution in [0.1, 0.15) is 0 Å². The molecule has 52 valence electrons. The molecule has 0 spiro atoms. The third-order valence-corrected chi connectivity index (χ3v) is 1.18. The average Bonchev–Trinajstić information content (AvgIpc) is 1.90. The summed E-state index contributed by atoms with van der Waals surface area (Å²) in [6, 6.07) is 3.94. The quantitative estimate of drug-likeness (QED) is 0.550. The van der Waals surface area contributed by atoms with Gasteiger partial charge in [0.1, 0.15) is 0 Å². The number of pyridine rings is 1. The van der Waals surface area contributed by atoms with E-state index in [0.29, 0.717) is 0 Å². The Bertz CT molecular complexity index is 174. The zero-order valence-electron chi connectivity index (χ0n) is 6.20. The second-order valence-electron chi connectivity index (χ2n) is 2.10. The van der Waals surface area contributed by atoms with Crippen molar-refractivity contribution in [2.24, 2.45) is 0 Å². The summed E-state index contributed by atoms with van der Waals surface area (Å²) in [6.45, 7) is 0. The van der Waals surface area contributed by atoms with Crippen molar-refractivity contribution in [2.45, 2.75) is 0 Å². The molecular formula is C7H10N2Si. The van der Waals surface area contributed by atoms with E-state index in [1.165, 1.54) is 5.69 Å². The molecule has 3 heteroatoms. The lowest BCUT2D eigenvalue weighted by atomic mass is 10.4. The lowest BCUT2D eigenvalue weighted by Gasteiger charge is -2.10. The highest BCUT2D eigenvalue weighted by atomic mass is 28.1. The molecule has 1 aromatic heterocycles. The number of rotatable bonds is 1. The fourth-order valence-corrected chi connectivity index (χ4v) is 0.642. The minimum atomic E-state index is 0. The average molecular weight is 150 g/mol. The molecule has 0 atom stereocenters. The summed E-state index contributed by atoms with van der Waals surface area (Å²) in [5.41, 5.74) is 1.19. The van der Waals surface area contributed by atoms with Crippen LogP contribution in [0, 0.1) is 0 Å². The Morgan fingerprint density at radius 1 is 1.20 bits per heavy atom. The molecule has 0 amide bonds. The molecule has 0 aliphatic rings. The van der Waals surface area contributed by atoms with Gasteiger partial charge >= 0.3 is 0 Å². The minimum absolute atomic E-state index is 0. The van der Waals surface area contributed by atoms with Gasteiger partial charge in [-0.1, -0.05) is 0 Å². The number of anilines is 1. The smallest absolute Gasteiger partial charge is 0.0391 e. The Kier molecular flexibility index (Phi) is 3.72. The lowest BCUT2D eigenvalue weighted by Crippen LogP contribution is -2.07. The molecule has 1 aromatic rings. The molecule has 0 fully saturated rings. The van der Waals surface area contributed by atoms with Crippen molar-refractivity contribution < 1.29 is 0 Å². The summed E-state index contributed by atoms with van der Waals surface area (Å²) in [6.07, 6.45) is 3.57. The second-order valence-corrected chi connectivity index (χ2v) is 2.10. The molecule has 4 radical (unpaired) electrons. The van der Waals surface area contributed by atoms with Crippen LogP contribution < -0.4 is 4.90 Å². The molecule has 10 heavy (non-hydrogen) atoms. The molecule has 0 saturated heterocycles. The monoisotopic (exact) mass is 150 g/mol. The van der Waals surface area contributed by atoms with Crippen LogP contribution in [-0.4, -0.2) is 30.0 Å². The third kappa shape index (κ3) is 2.19. The van der Waals surface area contributed by atoms with Crippen LogP contribution in [0.5, 0.6) is 0 Å². The zero-order valence-corrected chi connectivity index (χ0v) is 7.20. The van der Waals surface area contributed by atoms with E-state index in [2.05, 4.69) is 4.98 Å². The van der Waals surface area contributed by atoms with E-state index in [-0.39, 0.29) is 11.0 Å². The van der Waals surface area contributed by atoms with E-state index in [1.54, 1.807) is 12.4 Å². The summed E-state index contributed by atoms with van der Waals surface area (Å²) in [4.78, 5) is 5.94. The van der Waals surface area contributed by atoms with E-state index >= 15 is 0 Å². The SMILES string of the molecule is CN(C)c1ccncc1.[Si]. The predicted octanol–water partition coefficient (Wildman–Crippen LogP) is 0.767. The van der Waals surface area contributed by atoms with Gasteiger partial charge in [0.05, 0.1) is 0 Å². The minimum Gasteiger partial charge on any atom is -0.378 e. The van der Waals surface area contributed by atoms with E-state index in [0.717, 1.165) is 0 Å². The largest absolute Gasteiger partial charge is 0.378 e. The van der Waals surface area contributed by atoms with Crippen molar-refractivity contribution in [3.8, 4) is 0 Å². The van der Waals surface area contributed by atoms with Crippen molar-refractivity contribution >= 4 is 16.7 Å². The van der Waals surface area contributed by atoms with E-state index < -0.39 is 0 Å². The molecule has 2 nitrogen and oxygen atoms in total. The molecule has 0 N–H and O–H groups in total. The number of hydrogen-bond acceptors (Lipinski definition) is 2. The van der Waals surface area contributed by atoms with Crippen LogP contribution in [0.4, 0.5) is 5.69 Å². The second kappa shape index (κ2) is 4.06. The van der Waals surface area contributed by atoms with Gasteiger partial charge in [0.25, 0.3) is 0 Å². The number of hydrogen-bond donors (Lipinski definition) is 0. The molecule has 0 unspecified atom stereocenters. The summed E-state index contributed by atoms with van der Waals surface area (Å²) in [5.74, 6) is 0. The third-order valence-electron chi connectivity index (χ3n) is 1.18. The summed E-state index contributed by atoms with van der Waals surface area (Å²) in [5, 5.41) is 0. The van der Waals surface area contributed by atoms with Gasteiger partial charge in [0.2, 0.25) is 0 Å². The Labute approximate surface area is 65.9 Å². The number of aromatic nitrogens is 1. The summed E-state index contributed by atoms with van der Waals surface area (Å²) >= 11 is 0. The number of nitrogens with zero attached hydrogens (tertiary/aromatic N) is 2. The topological polar surface area (TPSA) is 16.1 Å². The highest BCUT2D eigenvalue weighted by Gasteiger charge is 1.88. The standard InChI is InChI=1S/C7H10N2.Si/c1-9(2)7-3-5-8-6-4-7;/h3-6H,1-2H3;. The Morgan fingerprint density at radius 2 is 1.70 bits per heavy atom. The summed E-state index contributed by atoms with van der Waals surface area (Å²) in [7, 11) is 4.02. The molecule has 1 heterocycles. The van der Waals surface area contributed by atoms with Crippen molar-refractivity contribution in [1.82, 2.24) is 4.98 Å². The zero-order chi connectivity index (χ0) is 6.69. The molecule has 0 saturated carbocycles. The Hall–Kier alpha value is -0.833. The van der Waals surface area contributed by atoms with Gasteiger partial charge in [0.15, 0.2) is 0 Å². The lowest BCUT2D eigenvalue weighted by molar-refractivity contribution is 1.12. The first-order valence-corrected chi connectivity index (χ1v) is 2.88. The van der Waals surface area contributed by atoms with Gasteiger partial charge in [-0.25, -0.2) is 0 Å². The van der Waals surface area contributed by atoms with Gasteiger partial charge < -0.3 is 4.90 Å². The maximum absolute atomic E-state index is 3.90. The summed E-state index contributed by atoms with van der Waals surface area (Å²) < 4.78 is 0. The van der Waals surface area contributed by atoms with Gasteiger partial charge in [-0.15, -0.1) is 0 Å². The van der Waals surface area contributed by atoms with Crippen LogP contribution in [0.15, 0.2) is 24.5 Å². The van der Waals surface area contributed by atoms with Crippen LogP contribution in [0.2, 0.25) is 0 Å². The fourth-order valence-electron chi connectivity index (χ4n) is 0.642. The van der Waals surface area contributed by atoms with E-state index in [1.807, 2.05) is 31.1 Å². The maximum atomic E-state index is 3.90. The van der Waals surface area contributed by atoms with Gasteiger partial charge in [0, 0.05) is 43.1 Å². The Morgan fingerprint density at radius 3 is 2.00 bits per heavy atom. The molecule has 0 aromatic carbocycles. The normalized spacial score (nSPS) is 8.20. The highest BCUT2D eigenvalue weighted by Crippen LogP contribution is 2.05. The van der Waals surface area contributed by atoms with Crippen molar-refractivity contribution in [3.63, 3.8) is 0 Å². The first-order chi connectivity index (χ1) is 4.30. The van der Waals surface area contributed by atoms with E-state index in [9.17, 15) is 0 Å². The van der Waals surface area contributed by atoms with Crippen molar-refractivity contribution in [3.05, 3.63) is 24.5 Å².